The largest absolute Gasteiger partial charge is 0.353 e. The Hall–Kier alpha value is -1.69. The van der Waals surface area contributed by atoms with Gasteiger partial charge in [0.05, 0.1) is 11.2 Å². The van der Waals surface area contributed by atoms with Crippen LogP contribution in [0.15, 0.2) is 22.4 Å². The molecule has 1 aromatic rings. The molecule has 152 valence electrons. The normalized spacial score (nSPS) is 22.8. The second-order valence-corrected chi connectivity index (χ2v) is 10.4. The first-order chi connectivity index (χ1) is 13.3. The smallest absolute Gasteiger partial charge is 0.293 e. The number of thiophene rings is 1. The number of sulfonamides is 1. The van der Waals surface area contributed by atoms with Gasteiger partial charge >= 0.3 is 0 Å². The third kappa shape index (κ3) is 4.83. The van der Waals surface area contributed by atoms with Gasteiger partial charge in [-0.05, 0) is 42.1 Å². The summed E-state index contributed by atoms with van der Waals surface area (Å²) in [4.78, 5) is 39.3. The molecule has 2 aliphatic heterocycles. The number of hydrogen-bond acceptors (Lipinski definition) is 7. The van der Waals surface area contributed by atoms with E-state index in [-0.39, 0.29) is 24.2 Å². The summed E-state index contributed by atoms with van der Waals surface area (Å²) in [5, 5.41) is 4.17. The highest BCUT2D eigenvalue weighted by Crippen LogP contribution is 2.32. The predicted molar refractivity (Wildman–Crippen MR) is 109 cm³/mol. The number of piperidine rings is 1. The zero-order chi connectivity index (χ0) is 20.3. The summed E-state index contributed by atoms with van der Waals surface area (Å²) in [5.41, 5.74) is 0. The second-order valence-electron chi connectivity index (χ2n) is 6.53. The van der Waals surface area contributed by atoms with Crippen molar-refractivity contribution in [2.45, 2.75) is 25.3 Å². The van der Waals surface area contributed by atoms with Crippen molar-refractivity contribution in [2.75, 3.05) is 25.9 Å². The molecule has 8 nitrogen and oxygen atoms in total. The van der Waals surface area contributed by atoms with Gasteiger partial charge in [-0.1, -0.05) is 12.5 Å². The van der Waals surface area contributed by atoms with Crippen LogP contribution in [0.5, 0.6) is 0 Å². The second kappa shape index (κ2) is 8.76. The minimum absolute atomic E-state index is 0.0454. The zero-order valence-electron chi connectivity index (χ0n) is 15.3. The number of amides is 3. The molecule has 2 saturated heterocycles. The molecule has 0 bridgehead atoms. The van der Waals surface area contributed by atoms with Gasteiger partial charge < -0.3 is 5.32 Å². The fourth-order valence-electron chi connectivity index (χ4n) is 3.17. The van der Waals surface area contributed by atoms with Crippen LogP contribution < -0.4 is 5.32 Å². The van der Waals surface area contributed by atoms with Crippen molar-refractivity contribution in [3.05, 3.63) is 27.3 Å². The molecule has 0 aliphatic carbocycles. The van der Waals surface area contributed by atoms with E-state index in [0.717, 1.165) is 40.6 Å². The van der Waals surface area contributed by atoms with Crippen LogP contribution in [0.1, 0.15) is 24.1 Å². The molecule has 3 heterocycles. The number of imide groups is 1. The first-order valence-corrected chi connectivity index (χ1v) is 12.4. The van der Waals surface area contributed by atoms with Gasteiger partial charge in [0.15, 0.2) is 0 Å². The molecular weight excluding hydrogens is 422 g/mol. The van der Waals surface area contributed by atoms with Gasteiger partial charge in [0, 0.05) is 24.5 Å². The van der Waals surface area contributed by atoms with Gasteiger partial charge in [-0.15, -0.1) is 11.3 Å². The standard InChI is InChI=1S/C17H21N3O5S3/c1-28(24,25)20-8-3-2-6-13(20)15(21)18-7-9-19-16(22)14(27-17(19)23)11-12-5-4-10-26-12/h4-5,10-11,13H,2-3,6-9H2,1H3,(H,18,21). The molecule has 3 amide bonds. The van der Waals surface area contributed by atoms with E-state index in [9.17, 15) is 22.8 Å². The van der Waals surface area contributed by atoms with Crippen LogP contribution >= 0.6 is 23.1 Å². The lowest BCUT2D eigenvalue weighted by Crippen LogP contribution is -2.52. The van der Waals surface area contributed by atoms with Crippen molar-refractivity contribution in [3.63, 3.8) is 0 Å². The van der Waals surface area contributed by atoms with Gasteiger partial charge in [0.25, 0.3) is 11.1 Å². The highest BCUT2D eigenvalue weighted by molar-refractivity contribution is 8.18. The predicted octanol–water partition coefficient (Wildman–Crippen LogP) is 1.71. The Morgan fingerprint density at radius 3 is 2.82 bits per heavy atom. The summed E-state index contributed by atoms with van der Waals surface area (Å²) >= 11 is 2.35. The van der Waals surface area contributed by atoms with E-state index < -0.39 is 22.0 Å². The zero-order valence-corrected chi connectivity index (χ0v) is 17.7. The molecule has 0 radical (unpaired) electrons. The van der Waals surface area contributed by atoms with Crippen molar-refractivity contribution < 1.29 is 22.8 Å². The number of hydrogen-bond donors (Lipinski definition) is 1. The Morgan fingerprint density at radius 1 is 1.36 bits per heavy atom. The summed E-state index contributed by atoms with van der Waals surface area (Å²) in [6.45, 7) is 0.453. The molecule has 11 heteroatoms. The number of thioether (sulfide) groups is 1. The Bertz CT molecular complexity index is 895. The van der Waals surface area contributed by atoms with E-state index in [2.05, 4.69) is 5.32 Å². The van der Waals surface area contributed by atoms with Gasteiger partial charge in [-0.2, -0.15) is 4.31 Å². The third-order valence-electron chi connectivity index (χ3n) is 4.51. The summed E-state index contributed by atoms with van der Waals surface area (Å²) in [6.07, 6.45) is 4.74. The quantitative estimate of drug-likeness (QED) is 0.672. The first kappa shape index (κ1) is 21.0. The Labute approximate surface area is 172 Å². The molecule has 1 aromatic heterocycles. The fraction of sp³-hybridized carbons (Fsp3) is 0.471. The maximum atomic E-state index is 12.4. The van der Waals surface area contributed by atoms with E-state index in [0.29, 0.717) is 17.9 Å². The molecule has 0 saturated carbocycles. The number of carbonyl (C=O) groups excluding carboxylic acids is 3. The Balaban J connectivity index is 1.56. The average Bonchev–Trinajstić information content (AvgIpc) is 3.24. The minimum atomic E-state index is -3.47. The van der Waals surface area contributed by atoms with Gasteiger partial charge in [0.2, 0.25) is 15.9 Å². The Kier molecular flexibility index (Phi) is 6.58. The van der Waals surface area contributed by atoms with Crippen LogP contribution in [0.25, 0.3) is 6.08 Å². The summed E-state index contributed by atoms with van der Waals surface area (Å²) in [5.74, 6) is -0.778. The number of nitrogens with one attached hydrogen (secondary N) is 1. The van der Waals surface area contributed by atoms with E-state index >= 15 is 0 Å². The van der Waals surface area contributed by atoms with Crippen molar-refractivity contribution >= 4 is 56.3 Å². The average molecular weight is 444 g/mol. The van der Waals surface area contributed by atoms with E-state index in [1.165, 1.54) is 15.6 Å². The molecule has 0 aromatic carbocycles. The minimum Gasteiger partial charge on any atom is -0.353 e. The lowest BCUT2D eigenvalue weighted by atomic mass is 10.0. The number of nitrogens with zero attached hydrogens (tertiary/aromatic N) is 2. The monoisotopic (exact) mass is 443 g/mol. The van der Waals surface area contributed by atoms with E-state index in [1.807, 2.05) is 17.5 Å². The van der Waals surface area contributed by atoms with E-state index in [1.54, 1.807) is 6.08 Å². The van der Waals surface area contributed by atoms with Crippen LogP contribution in [0.2, 0.25) is 0 Å². The highest BCUT2D eigenvalue weighted by atomic mass is 32.2. The van der Waals surface area contributed by atoms with Crippen LogP contribution in [-0.2, 0) is 19.6 Å². The summed E-state index contributed by atoms with van der Waals surface area (Å²) in [7, 11) is -3.47. The SMILES string of the molecule is CS(=O)(=O)N1CCCCC1C(=O)NCCN1C(=O)SC(=Cc2cccs2)C1=O. The first-order valence-electron chi connectivity index (χ1n) is 8.81. The van der Waals surface area contributed by atoms with Crippen LogP contribution in [0.3, 0.4) is 0 Å². The van der Waals surface area contributed by atoms with Crippen molar-refractivity contribution in [2.24, 2.45) is 0 Å². The molecule has 1 atom stereocenters. The lowest BCUT2D eigenvalue weighted by molar-refractivity contribution is -0.126. The maximum Gasteiger partial charge on any atom is 0.293 e. The van der Waals surface area contributed by atoms with Gasteiger partial charge in [0.1, 0.15) is 6.04 Å². The Morgan fingerprint density at radius 2 is 2.14 bits per heavy atom. The maximum absolute atomic E-state index is 12.4. The fourth-order valence-corrected chi connectivity index (χ4v) is 5.88. The summed E-state index contributed by atoms with van der Waals surface area (Å²) < 4.78 is 25.0. The van der Waals surface area contributed by atoms with Gasteiger partial charge in [-0.3, -0.25) is 19.3 Å². The molecule has 28 heavy (non-hydrogen) atoms. The van der Waals surface area contributed by atoms with Crippen LogP contribution in [0.4, 0.5) is 4.79 Å². The molecule has 2 fully saturated rings. The molecule has 1 unspecified atom stereocenters. The van der Waals surface area contributed by atoms with Crippen LogP contribution in [-0.4, -0.2) is 66.6 Å². The molecule has 0 spiro atoms. The number of rotatable bonds is 6. The third-order valence-corrected chi connectivity index (χ3v) is 7.52. The molecule has 2 aliphatic rings. The highest BCUT2D eigenvalue weighted by Gasteiger charge is 2.36. The van der Waals surface area contributed by atoms with Crippen molar-refractivity contribution in [1.29, 1.82) is 0 Å². The molecular formula is C17H21N3O5S3. The van der Waals surface area contributed by atoms with Gasteiger partial charge in [-0.25, -0.2) is 8.42 Å². The van der Waals surface area contributed by atoms with Crippen molar-refractivity contribution in [3.8, 4) is 0 Å². The molecule has 1 N–H and O–H groups in total. The van der Waals surface area contributed by atoms with Crippen molar-refractivity contribution in [1.82, 2.24) is 14.5 Å². The van der Waals surface area contributed by atoms with Crippen LogP contribution in [0, 0.1) is 0 Å². The number of carbonyl (C=O) groups is 3. The van der Waals surface area contributed by atoms with E-state index in [4.69, 9.17) is 0 Å². The topological polar surface area (TPSA) is 104 Å². The summed E-state index contributed by atoms with van der Waals surface area (Å²) in [6, 6.07) is 2.98. The lowest BCUT2D eigenvalue weighted by Gasteiger charge is -2.32. The molecule has 3 rings (SSSR count).